The first kappa shape index (κ1) is 31.3. The van der Waals surface area contributed by atoms with E-state index in [-0.39, 0.29) is 47.3 Å². The number of rotatable bonds is 13. The number of nitrogens with zero attached hydrogens (tertiary/aromatic N) is 7. The molecule has 0 radical (unpaired) electrons. The molecule has 1 aromatic heterocycles. The van der Waals surface area contributed by atoms with Crippen LogP contribution in [0.25, 0.3) is 0 Å². The number of sulfonamides is 1. The Morgan fingerprint density at radius 2 is 1.75 bits per heavy atom. The van der Waals surface area contributed by atoms with Gasteiger partial charge in [-0.25, -0.2) is 8.42 Å². The number of hydrogen-bond donors (Lipinski definition) is 2. The Labute approximate surface area is 234 Å². The molecule has 1 fully saturated rings. The van der Waals surface area contributed by atoms with Crippen molar-refractivity contribution < 1.29 is 23.4 Å². The van der Waals surface area contributed by atoms with Crippen molar-refractivity contribution in [2.75, 3.05) is 73.2 Å². The van der Waals surface area contributed by atoms with Gasteiger partial charge in [-0.1, -0.05) is 0 Å². The number of pyridine rings is 1. The van der Waals surface area contributed by atoms with E-state index in [1.807, 2.05) is 25.1 Å². The van der Waals surface area contributed by atoms with Gasteiger partial charge in [0.2, 0.25) is 15.9 Å². The van der Waals surface area contributed by atoms with E-state index in [2.05, 4.69) is 15.1 Å². The molecule has 1 aliphatic rings. The summed E-state index contributed by atoms with van der Waals surface area (Å²) in [7, 11) is 0.101. The van der Waals surface area contributed by atoms with Gasteiger partial charge in [-0.05, 0) is 58.3 Å². The van der Waals surface area contributed by atoms with Gasteiger partial charge in [-0.2, -0.15) is 14.7 Å². The first-order valence-electron chi connectivity index (χ1n) is 13.0. The van der Waals surface area contributed by atoms with Crippen LogP contribution >= 0.6 is 0 Å². The lowest BCUT2D eigenvalue weighted by atomic mass is 10.1. The summed E-state index contributed by atoms with van der Waals surface area (Å²) < 4.78 is 34.1. The van der Waals surface area contributed by atoms with Crippen LogP contribution in [0.1, 0.15) is 17.5 Å². The third-order valence-corrected chi connectivity index (χ3v) is 8.53. The molecule has 2 aromatic rings. The predicted octanol–water partition coefficient (Wildman–Crippen LogP) is 1.42. The van der Waals surface area contributed by atoms with Crippen LogP contribution in [0.15, 0.2) is 44.2 Å². The maximum absolute atomic E-state index is 13.1. The molecule has 14 heteroatoms. The molecule has 3 rings (SSSR count). The molecule has 40 heavy (non-hydrogen) atoms. The van der Waals surface area contributed by atoms with Crippen molar-refractivity contribution in [3.63, 3.8) is 0 Å². The van der Waals surface area contributed by atoms with E-state index in [0.717, 1.165) is 4.57 Å². The first-order chi connectivity index (χ1) is 19.1. The highest BCUT2D eigenvalue weighted by atomic mass is 32.2. The zero-order chi connectivity index (χ0) is 29.3. The molecule has 1 aromatic carbocycles. The highest BCUT2D eigenvalue weighted by Crippen LogP contribution is 2.32. The Balaban J connectivity index is 1.72. The van der Waals surface area contributed by atoms with Gasteiger partial charge in [0.1, 0.15) is 11.6 Å². The summed E-state index contributed by atoms with van der Waals surface area (Å²) in [6.07, 6.45) is 0.578. The number of aliphatic hydroxyl groups is 1. The molecular formula is C26H37N7O6S. The molecular weight excluding hydrogens is 538 g/mol. The van der Waals surface area contributed by atoms with Gasteiger partial charge in [-0.15, -0.1) is 5.11 Å². The van der Waals surface area contributed by atoms with E-state index in [9.17, 15) is 23.6 Å². The lowest BCUT2D eigenvalue weighted by Crippen LogP contribution is -2.49. The molecule has 0 amide bonds. The number of aromatic hydroxyl groups is 1. The summed E-state index contributed by atoms with van der Waals surface area (Å²) in [6.45, 7) is 5.71. The highest BCUT2D eigenvalue weighted by Gasteiger charge is 2.28. The third-order valence-electron chi connectivity index (χ3n) is 6.61. The van der Waals surface area contributed by atoms with Crippen molar-refractivity contribution in [2.24, 2.45) is 10.2 Å². The standard InChI is InChI=1S/C26H37N7O6S/c1-20-23(19-27)25(35)33(10-4-9-30(2)3)26(36)24(20)29-28-21-5-7-22(8-6-21)40(37,38)32-13-11-31(12-14-32)15-17-39-18-16-34/h5-8,34,36H,4,9-18H2,1-3H3/b29-28+. The van der Waals surface area contributed by atoms with Crippen LogP contribution in [0, 0.1) is 18.3 Å². The van der Waals surface area contributed by atoms with Crippen LogP contribution < -0.4 is 5.56 Å². The van der Waals surface area contributed by atoms with Gasteiger partial charge in [0.05, 0.1) is 30.4 Å². The van der Waals surface area contributed by atoms with Gasteiger partial charge < -0.3 is 19.8 Å². The quantitative estimate of drug-likeness (QED) is 0.265. The molecule has 0 saturated carbocycles. The van der Waals surface area contributed by atoms with Crippen molar-refractivity contribution in [2.45, 2.75) is 24.8 Å². The fourth-order valence-corrected chi connectivity index (χ4v) is 5.73. The largest absolute Gasteiger partial charge is 0.493 e. The van der Waals surface area contributed by atoms with Crippen LogP contribution in [-0.2, 0) is 21.3 Å². The maximum Gasteiger partial charge on any atom is 0.271 e. The van der Waals surface area contributed by atoms with E-state index in [1.54, 1.807) is 0 Å². The fourth-order valence-electron chi connectivity index (χ4n) is 4.30. The third kappa shape index (κ3) is 7.72. The van der Waals surface area contributed by atoms with Crippen molar-refractivity contribution in [1.29, 1.82) is 5.26 Å². The minimum Gasteiger partial charge on any atom is -0.493 e. The molecule has 13 nitrogen and oxygen atoms in total. The van der Waals surface area contributed by atoms with E-state index in [0.29, 0.717) is 58.0 Å². The Bertz CT molecular complexity index is 1380. The Morgan fingerprint density at radius 3 is 2.35 bits per heavy atom. The monoisotopic (exact) mass is 575 g/mol. The number of ether oxygens (including phenoxy) is 1. The van der Waals surface area contributed by atoms with E-state index in [4.69, 9.17) is 9.84 Å². The zero-order valence-corrected chi connectivity index (χ0v) is 24.0. The average Bonchev–Trinajstić information content (AvgIpc) is 2.93. The van der Waals surface area contributed by atoms with Crippen LogP contribution in [0.5, 0.6) is 5.88 Å². The Hall–Kier alpha value is -3.19. The van der Waals surface area contributed by atoms with Gasteiger partial charge in [-0.3, -0.25) is 14.3 Å². The fraction of sp³-hybridized carbons (Fsp3) is 0.538. The number of benzene rings is 1. The van der Waals surface area contributed by atoms with Gasteiger partial charge in [0.25, 0.3) is 5.56 Å². The van der Waals surface area contributed by atoms with Crippen molar-refractivity contribution in [1.82, 2.24) is 18.7 Å². The van der Waals surface area contributed by atoms with Crippen LogP contribution in [-0.4, -0.2) is 110 Å². The minimum atomic E-state index is -3.69. The molecule has 1 aliphatic heterocycles. The Morgan fingerprint density at radius 1 is 1.07 bits per heavy atom. The van der Waals surface area contributed by atoms with E-state index >= 15 is 0 Å². The predicted molar refractivity (Wildman–Crippen MR) is 149 cm³/mol. The van der Waals surface area contributed by atoms with E-state index in [1.165, 1.54) is 35.5 Å². The second-order valence-electron chi connectivity index (χ2n) is 9.67. The molecule has 1 saturated heterocycles. The van der Waals surface area contributed by atoms with Crippen molar-refractivity contribution in [3.05, 3.63) is 45.7 Å². The van der Waals surface area contributed by atoms with Crippen LogP contribution in [0.3, 0.4) is 0 Å². The highest BCUT2D eigenvalue weighted by molar-refractivity contribution is 7.89. The number of aromatic nitrogens is 1. The molecule has 2 N–H and O–H groups in total. The smallest absolute Gasteiger partial charge is 0.271 e. The zero-order valence-electron chi connectivity index (χ0n) is 23.2. The first-order valence-corrected chi connectivity index (χ1v) is 14.5. The second kappa shape index (κ2) is 14.4. The van der Waals surface area contributed by atoms with Crippen molar-refractivity contribution in [3.8, 4) is 11.9 Å². The van der Waals surface area contributed by atoms with Gasteiger partial charge in [0.15, 0.2) is 5.69 Å². The van der Waals surface area contributed by atoms with Gasteiger partial charge >= 0.3 is 0 Å². The van der Waals surface area contributed by atoms with Crippen LogP contribution in [0.4, 0.5) is 11.4 Å². The summed E-state index contributed by atoms with van der Waals surface area (Å²) in [5.41, 5.74) is -0.126. The second-order valence-corrected chi connectivity index (χ2v) is 11.6. The molecule has 0 atom stereocenters. The normalized spacial score (nSPS) is 15.2. The number of hydrogen-bond acceptors (Lipinski definition) is 11. The molecule has 0 bridgehead atoms. The molecule has 218 valence electrons. The number of aliphatic hydroxyl groups excluding tert-OH is 1. The lowest BCUT2D eigenvalue weighted by Gasteiger charge is -2.33. The molecule has 0 unspecified atom stereocenters. The summed E-state index contributed by atoms with van der Waals surface area (Å²) in [6, 6.07) is 7.82. The lowest BCUT2D eigenvalue weighted by molar-refractivity contribution is 0.0661. The number of nitriles is 1. The molecule has 0 aliphatic carbocycles. The summed E-state index contributed by atoms with van der Waals surface area (Å²) in [4.78, 5) is 16.9. The number of azo groups is 1. The Kier molecular flexibility index (Phi) is 11.3. The molecule has 2 heterocycles. The minimum absolute atomic E-state index is 0.0114. The summed E-state index contributed by atoms with van der Waals surface area (Å²) in [5, 5.41) is 37.3. The maximum atomic E-state index is 13.1. The van der Waals surface area contributed by atoms with E-state index < -0.39 is 15.6 Å². The topological polar surface area (TPSA) is 164 Å². The average molecular weight is 576 g/mol. The number of piperazine rings is 1. The summed E-state index contributed by atoms with van der Waals surface area (Å²) >= 11 is 0. The summed E-state index contributed by atoms with van der Waals surface area (Å²) in [5.74, 6) is -0.373. The molecule has 0 spiro atoms. The van der Waals surface area contributed by atoms with Gasteiger partial charge in [0, 0.05) is 44.8 Å². The SMILES string of the molecule is Cc1c(/N=N/c2ccc(S(=O)(=O)N3CCN(CCOCCO)CC3)cc2)c(O)n(CCCN(C)C)c(=O)c1C#N. The van der Waals surface area contributed by atoms with Crippen molar-refractivity contribution >= 4 is 21.4 Å². The van der Waals surface area contributed by atoms with Crippen LogP contribution in [0.2, 0.25) is 0 Å².